The largest absolute Gasteiger partial charge is 0.508 e. The van der Waals surface area contributed by atoms with Crippen molar-refractivity contribution in [3.8, 4) is 11.5 Å². The third-order valence-electron chi connectivity index (χ3n) is 3.96. The Morgan fingerprint density at radius 1 is 1.12 bits per heavy atom. The number of hydrogen-bond donors (Lipinski definition) is 3. The van der Waals surface area contributed by atoms with Gasteiger partial charge in [-0.1, -0.05) is 42.5 Å². The fourth-order valence-electron chi connectivity index (χ4n) is 2.76. The maximum atomic E-state index is 12.1. The standard InChI is InChI=1S/C20H18N2O3/c1-13-9-16(23)11-19(24)18(13)12-21-22-20(25)10-15-7-4-6-14-5-2-3-8-17(14)15/h2-9,11-12,23-24H,10H2,1H3,(H,22,25)/b21-12+. The Balaban J connectivity index is 1.71. The van der Waals surface area contributed by atoms with Gasteiger partial charge in [0.25, 0.3) is 0 Å². The number of nitrogens with zero attached hydrogens (tertiary/aromatic N) is 1. The number of carbonyl (C=O) groups excluding carboxylic acids is 1. The molecule has 0 fully saturated rings. The van der Waals surface area contributed by atoms with Crippen LogP contribution in [0.3, 0.4) is 0 Å². The van der Waals surface area contributed by atoms with Gasteiger partial charge in [0, 0.05) is 11.6 Å². The van der Waals surface area contributed by atoms with Gasteiger partial charge >= 0.3 is 0 Å². The highest BCUT2D eigenvalue weighted by Gasteiger charge is 2.07. The van der Waals surface area contributed by atoms with Crippen molar-refractivity contribution in [2.45, 2.75) is 13.3 Å². The van der Waals surface area contributed by atoms with E-state index in [1.807, 2.05) is 42.5 Å². The number of aromatic hydroxyl groups is 2. The number of rotatable bonds is 4. The highest BCUT2D eigenvalue weighted by Crippen LogP contribution is 2.25. The summed E-state index contributed by atoms with van der Waals surface area (Å²) in [5.41, 5.74) is 4.50. The Labute approximate surface area is 145 Å². The molecular formula is C20H18N2O3. The van der Waals surface area contributed by atoms with E-state index in [2.05, 4.69) is 10.5 Å². The molecule has 0 heterocycles. The third-order valence-corrected chi connectivity index (χ3v) is 3.96. The summed E-state index contributed by atoms with van der Waals surface area (Å²) in [6, 6.07) is 16.5. The van der Waals surface area contributed by atoms with Crippen LogP contribution in [0.15, 0.2) is 59.7 Å². The highest BCUT2D eigenvalue weighted by molar-refractivity contribution is 5.91. The monoisotopic (exact) mass is 334 g/mol. The second kappa shape index (κ2) is 7.05. The van der Waals surface area contributed by atoms with E-state index < -0.39 is 0 Å². The fourth-order valence-corrected chi connectivity index (χ4v) is 2.76. The summed E-state index contributed by atoms with van der Waals surface area (Å²) in [5.74, 6) is -0.361. The summed E-state index contributed by atoms with van der Waals surface area (Å²) >= 11 is 0. The van der Waals surface area contributed by atoms with Crippen LogP contribution in [0.25, 0.3) is 10.8 Å². The predicted octanol–water partition coefficient (Wildman–Crippen LogP) is 3.25. The zero-order valence-corrected chi connectivity index (χ0v) is 13.7. The van der Waals surface area contributed by atoms with E-state index in [1.54, 1.807) is 6.92 Å². The molecule has 0 atom stereocenters. The molecule has 3 rings (SSSR count). The van der Waals surface area contributed by atoms with Crippen molar-refractivity contribution in [2.24, 2.45) is 5.10 Å². The Kier molecular flexibility index (Phi) is 4.66. The zero-order valence-electron chi connectivity index (χ0n) is 13.7. The Morgan fingerprint density at radius 3 is 2.68 bits per heavy atom. The minimum Gasteiger partial charge on any atom is -0.508 e. The van der Waals surface area contributed by atoms with Gasteiger partial charge in [-0.2, -0.15) is 5.10 Å². The maximum absolute atomic E-state index is 12.1. The summed E-state index contributed by atoms with van der Waals surface area (Å²) in [6.07, 6.45) is 1.57. The first-order chi connectivity index (χ1) is 12.0. The molecule has 5 heteroatoms. The first kappa shape index (κ1) is 16.5. The lowest BCUT2D eigenvalue weighted by Crippen LogP contribution is -2.20. The smallest absolute Gasteiger partial charge is 0.244 e. The summed E-state index contributed by atoms with van der Waals surface area (Å²) in [4.78, 5) is 12.1. The molecule has 0 saturated heterocycles. The zero-order chi connectivity index (χ0) is 17.8. The number of phenols is 2. The minimum absolute atomic E-state index is 0.0212. The average molecular weight is 334 g/mol. The first-order valence-electron chi connectivity index (χ1n) is 7.85. The van der Waals surface area contributed by atoms with Gasteiger partial charge in [-0.25, -0.2) is 5.43 Å². The van der Waals surface area contributed by atoms with Gasteiger partial charge in [0.1, 0.15) is 11.5 Å². The number of phenolic OH excluding ortho intramolecular Hbond substituents is 2. The van der Waals surface area contributed by atoms with Gasteiger partial charge < -0.3 is 10.2 Å². The van der Waals surface area contributed by atoms with Crippen LogP contribution in [0.1, 0.15) is 16.7 Å². The second-order valence-electron chi connectivity index (χ2n) is 5.80. The molecule has 0 aromatic heterocycles. The molecule has 0 unspecified atom stereocenters. The third kappa shape index (κ3) is 3.77. The number of hydrogen-bond acceptors (Lipinski definition) is 4. The lowest BCUT2D eigenvalue weighted by molar-refractivity contribution is -0.120. The number of fused-ring (bicyclic) bond motifs is 1. The molecular weight excluding hydrogens is 316 g/mol. The van der Waals surface area contributed by atoms with Crippen LogP contribution in [0.4, 0.5) is 0 Å². The van der Waals surface area contributed by atoms with Crippen molar-refractivity contribution in [2.75, 3.05) is 0 Å². The van der Waals surface area contributed by atoms with Gasteiger partial charge in [0.05, 0.1) is 12.6 Å². The number of amides is 1. The van der Waals surface area contributed by atoms with Crippen LogP contribution in [-0.4, -0.2) is 22.3 Å². The summed E-state index contributed by atoms with van der Waals surface area (Å²) < 4.78 is 0. The van der Waals surface area contributed by atoms with Crippen LogP contribution >= 0.6 is 0 Å². The quantitative estimate of drug-likeness (QED) is 0.506. The Morgan fingerprint density at radius 2 is 1.88 bits per heavy atom. The molecule has 25 heavy (non-hydrogen) atoms. The lowest BCUT2D eigenvalue weighted by atomic mass is 10.0. The molecule has 3 N–H and O–H groups in total. The molecule has 0 radical (unpaired) electrons. The molecule has 0 bridgehead atoms. The predicted molar refractivity (Wildman–Crippen MR) is 97.9 cm³/mol. The fraction of sp³-hybridized carbons (Fsp3) is 0.100. The topological polar surface area (TPSA) is 81.9 Å². The molecule has 3 aromatic rings. The normalized spacial score (nSPS) is 11.1. The van der Waals surface area contributed by atoms with Crippen molar-refractivity contribution < 1.29 is 15.0 Å². The van der Waals surface area contributed by atoms with Crippen LogP contribution in [-0.2, 0) is 11.2 Å². The van der Waals surface area contributed by atoms with E-state index in [0.717, 1.165) is 16.3 Å². The van der Waals surface area contributed by atoms with Gasteiger partial charge in [-0.05, 0) is 34.9 Å². The van der Waals surface area contributed by atoms with Crippen molar-refractivity contribution in [1.82, 2.24) is 5.43 Å². The number of nitrogens with one attached hydrogen (secondary N) is 1. The second-order valence-corrected chi connectivity index (χ2v) is 5.80. The van der Waals surface area contributed by atoms with Crippen molar-refractivity contribution in [3.05, 3.63) is 71.3 Å². The highest BCUT2D eigenvalue weighted by atomic mass is 16.3. The molecule has 5 nitrogen and oxygen atoms in total. The van der Waals surface area contributed by atoms with E-state index >= 15 is 0 Å². The van der Waals surface area contributed by atoms with Crippen LogP contribution in [0.5, 0.6) is 11.5 Å². The van der Waals surface area contributed by atoms with Crippen LogP contribution in [0, 0.1) is 6.92 Å². The van der Waals surface area contributed by atoms with Gasteiger partial charge in [-0.3, -0.25) is 4.79 Å². The molecule has 3 aromatic carbocycles. The lowest BCUT2D eigenvalue weighted by Gasteiger charge is -2.06. The van der Waals surface area contributed by atoms with E-state index in [9.17, 15) is 15.0 Å². The molecule has 0 aliphatic carbocycles. The number of aryl methyl sites for hydroxylation is 1. The number of benzene rings is 3. The minimum atomic E-state index is -0.247. The maximum Gasteiger partial charge on any atom is 0.244 e. The SMILES string of the molecule is Cc1cc(O)cc(O)c1/C=N/NC(=O)Cc1cccc2ccccc12. The Bertz CT molecular complexity index is 936. The van der Waals surface area contributed by atoms with Crippen molar-refractivity contribution in [3.63, 3.8) is 0 Å². The van der Waals surface area contributed by atoms with Gasteiger partial charge in [0.15, 0.2) is 0 Å². The summed E-state index contributed by atoms with van der Waals surface area (Å²) in [7, 11) is 0. The summed E-state index contributed by atoms with van der Waals surface area (Å²) in [6.45, 7) is 1.73. The molecule has 126 valence electrons. The molecule has 0 aliphatic heterocycles. The van der Waals surface area contributed by atoms with Crippen molar-refractivity contribution >= 4 is 22.9 Å². The number of hydrazone groups is 1. The average Bonchev–Trinajstić information content (AvgIpc) is 2.57. The van der Waals surface area contributed by atoms with Crippen LogP contribution < -0.4 is 5.43 Å². The van der Waals surface area contributed by atoms with E-state index in [0.29, 0.717) is 11.1 Å². The van der Waals surface area contributed by atoms with Gasteiger partial charge in [-0.15, -0.1) is 0 Å². The number of carbonyl (C=O) groups is 1. The molecule has 0 spiro atoms. The Hall–Kier alpha value is -3.34. The van der Waals surface area contributed by atoms with E-state index in [4.69, 9.17) is 0 Å². The van der Waals surface area contributed by atoms with Crippen molar-refractivity contribution in [1.29, 1.82) is 0 Å². The molecule has 1 amide bonds. The van der Waals surface area contributed by atoms with E-state index in [1.165, 1.54) is 18.3 Å². The summed E-state index contributed by atoms with van der Waals surface area (Å²) in [5, 5.41) is 25.3. The first-order valence-corrected chi connectivity index (χ1v) is 7.85. The van der Waals surface area contributed by atoms with Gasteiger partial charge in [0.2, 0.25) is 5.91 Å². The van der Waals surface area contributed by atoms with Crippen LogP contribution in [0.2, 0.25) is 0 Å². The molecule has 0 aliphatic rings. The molecule has 0 saturated carbocycles. The van der Waals surface area contributed by atoms with E-state index in [-0.39, 0.29) is 23.8 Å².